The average molecular weight is 316 g/mol. The molecular formula is C14H22BrNS. The van der Waals surface area contributed by atoms with E-state index in [0.717, 1.165) is 5.92 Å². The lowest BCUT2D eigenvalue weighted by Gasteiger charge is -2.34. The first-order chi connectivity index (χ1) is 8.19. The van der Waals surface area contributed by atoms with Crippen molar-refractivity contribution in [1.29, 1.82) is 0 Å². The molecule has 3 unspecified atom stereocenters. The smallest absolute Gasteiger partial charge is 0.0701 e. The molecule has 0 saturated heterocycles. The van der Waals surface area contributed by atoms with Crippen molar-refractivity contribution in [2.45, 2.75) is 51.5 Å². The number of hydrogen-bond donors (Lipinski definition) is 1. The van der Waals surface area contributed by atoms with Gasteiger partial charge in [0.05, 0.1) is 3.79 Å². The van der Waals surface area contributed by atoms with Gasteiger partial charge in [0.2, 0.25) is 0 Å². The Morgan fingerprint density at radius 1 is 1.41 bits per heavy atom. The van der Waals surface area contributed by atoms with Crippen molar-refractivity contribution in [2.24, 2.45) is 17.6 Å². The standard InChI is InChI=1S/C14H22BrNS/c1-2-3-10-4-6-13(16)11(8-10)9-12-5-7-14(15)17-12/h5,7,10-11,13H,2-4,6,8-9,16H2,1H3. The third-order valence-corrected chi connectivity index (χ3v) is 5.58. The van der Waals surface area contributed by atoms with Gasteiger partial charge in [0.15, 0.2) is 0 Å². The molecule has 0 radical (unpaired) electrons. The number of halogens is 1. The predicted octanol–water partition coefficient (Wildman–Crippen LogP) is 4.60. The van der Waals surface area contributed by atoms with Crippen LogP contribution in [0.2, 0.25) is 0 Å². The minimum atomic E-state index is 0.420. The molecular weight excluding hydrogens is 294 g/mol. The van der Waals surface area contributed by atoms with Crippen LogP contribution in [0.3, 0.4) is 0 Å². The first-order valence-corrected chi connectivity index (χ1v) is 8.29. The molecule has 1 fully saturated rings. The van der Waals surface area contributed by atoms with Crippen LogP contribution in [-0.2, 0) is 6.42 Å². The maximum Gasteiger partial charge on any atom is 0.0701 e. The molecule has 17 heavy (non-hydrogen) atoms. The van der Waals surface area contributed by atoms with E-state index in [0.29, 0.717) is 12.0 Å². The second-order valence-corrected chi connectivity index (χ2v) is 7.85. The molecule has 1 heterocycles. The van der Waals surface area contributed by atoms with E-state index in [2.05, 4.69) is 35.0 Å². The summed E-state index contributed by atoms with van der Waals surface area (Å²) in [7, 11) is 0. The second-order valence-electron chi connectivity index (χ2n) is 5.30. The molecule has 2 rings (SSSR count). The molecule has 1 aliphatic carbocycles. The van der Waals surface area contributed by atoms with Gasteiger partial charge < -0.3 is 5.73 Å². The third kappa shape index (κ3) is 3.80. The van der Waals surface area contributed by atoms with Gasteiger partial charge in [0, 0.05) is 10.9 Å². The van der Waals surface area contributed by atoms with Crippen molar-refractivity contribution < 1.29 is 0 Å². The van der Waals surface area contributed by atoms with E-state index in [9.17, 15) is 0 Å². The van der Waals surface area contributed by atoms with Crippen LogP contribution in [0.25, 0.3) is 0 Å². The van der Waals surface area contributed by atoms with Gasteiger partial charge in [-0.05, 0) is 65.6 Å². The highest BCUT2D eigenvalue weighted by molar-refractivity contribution is 9.11. The van der Waals surface area contributed by atoms with Crippen LogP contribution in [0.4, 0.5) is 0 Å². The Labute approximate surface area is 117 Å². The number of rotatable bonds is 4. The number of thiophene rings is 1. The number of nitrogens with two attached hydrogens (primary N) is 1. The van der Waals surface area contributed by atoms with Gasteiger partial charge in [-0.25, -0.2) is 0 Å². The zero-order valence-corrected chi connectivity index (χ0v) is 12.9. The molecule has 0 amide bonds. The topological polar surface area (TPSA) is 26.0 Å². The first-order valence-electron chi connectivity index (χ1n) is 6.68. The van der Waals surface area contributed by atoms with E-state index >= 15 is 0 Å². The summed E-state index contributed by atoms with van der Waals surface area (Å²) in [5.74, 6) is 1.62. The Hall–Kier alpha value is 0.140. The first kappa shape index (κ1) is 13.6. The van der Waals surface area contributed by atoms with E-state index in [1.54, 1.807) is 0 Å². The highest BCUT2D eigenvalue weighted by Gasteiger charge is 2.27. The summed E-state index contributed by atoms with van der Waals surface area (Å²) in [5.41, 5.74) is 6.28. The third-order valence-electron chi connectivity index (χ3n) is 3.94. The minimum absolute atomic E-state index is 0.420. The van der Waals surface area contributed by atoms with Gasteiger partial charge >= 0.3 is 0 Å². The normalized spacial score (nSPS) is 29.5. The van der Waals surface area contributed by atoms with E-state index in [4.69, 9.17) is 5.73 Å². The summed E-state index contributed by atoms with van der Waals surface area (Å²) in [4.78, 5) is 1.48. The van der Waals surface area contributed by atoms with Gasteiger partial charge in [0.1, 0.15) is 0 Å². The van der Waals surface area contributed by atoms with Gasteiger partial charge in [-0.15, -0.1) is 11.3 Å². The van der Waals surface area contributed by atoms with Crippen LogP contribution in [0, 0.1) is 11.8 Å². The fourth-order valence-corrected chi connectivity index (χ4v) is 4.59. The van der Waals surface area contributed by atoms with Crippen LogP contribution in [0.1, 0.15) is 43.9 Å². The lowest BCUT2D eigenvalue weighted by Crippen LogP contribution is -2.37. The fourth-order valence-electron chi connectivity index (χ4n) is 3.01. The summed E-state index contributed by atoms with van der Waals surface area (Å²) in [6, 6.07) is 4.81. The van der Waals surface area contributed by atoms with Crippen LogP contribution < -0.4 is 5.73 Å². The van der Waals surface area contributed by atoms with Crippen molar-refractivity contribution in [2.75, 3.05) is 0 Å². The molecule has 0 aromatic carbocycles. The monoisotopic (exact) mass is 315 g/mol. The van der Waals surface area contributed by atoms with Crippen molar-refractivity contribution in [3.05, 3.63) is 20.8 Å². The SMILES string of the molecule is CCCC1CCC(N)C(Cc2ccc(Br)s2)C1. The van der Waals surface area contributed by atoms with Crippen molar-refractivity contribution in [3.8, 4) is 0 Å². The average Bonchev–Trinajstić information content (AvgIpc) is 2.69. The Kier molecular flexibility index (Phi) is 5.07. The Morgan fingerprint density at radius 3 is 2.88 bits per heavy atom. The molecule has 1 aromatic rings. The molecule has 1 nitrogen and oxygen atoms in total. The van der Waals surface area contributed by atoms with Crippen molar-refractivity contribution >= 4 is 27.3 Å². The highest BCUT2D eigenvalue weighted by atomic mass is 79.9. The summed E-state index contributed by atoms with van der Waals surface area (Å²) in [6.07, 6.45) is 7.79. The summed E-state index contributed by atoms with van der Waals surface area (Å²) >= 11 is 5.40. The van der Waals surface area contributed by atoms with Gasteiger partial charge in [-0.2, -0.15) is 0 Å². The second kappa shape index (κ2) is 6.35. The van der Waals surface area contributed by atoms with Crippen LogP contribution in [0.5, 0.6) is 0 Å². The lowest BCUT2D eigenvalue weighted by molar-refractivity contribution is 0.222. The molecule has 0 spiro atoms. The maximum absolute atomic E-state index is 6.28. The lowest BCUT2D eigenvalue weighted by atomic mass is 9.75. The quantitative estimate of drug-likeness (QED) is 0.863. The summed E-state index contributed by atoms with van der Waals surface area (Å²) < 4.78 is 1.24. The Morgan fingerprint density at radius 2 is 2.24 bits per heavy atom. The van der Waals surface area contributed by atoms with Gasteiger partial charge in [-0.3, -0.25) is 0 Å². The van der Waals surface area contributed by atoms with Crippen molar-refractivity contribution in [3.63, 3.8) is 0 Å². The zero-order valence-electron chi connectivity index (χ0n) is 10.5. The molecule has 2 N–H and O–H groups in total. The van der Waals surface area contributed by atoms with E-state index < -0.39 is 0 Å². The molecule has 0 aliphatic heterocycles. The van der Waals surface area contributed by atoms with Crippen molar-refractivity contribution in [1.82, 2.24) is 0 Å². The zero-order chi connectivity index (χ0) is 12.3. The predicted molar refractivity (Wildman–Crippen MR) is 79.4 cm³/mol. The van der Waals surface area contributed by atoms with Gasteiger partial charge in [-0.1, -0.05) is 19.8 Å². The summed E-state index contributed by atoms with van der Waals surface area (Å²) in [5, 5.41) is 0. The van der Waals surface area contributed by atoms with E-state index in [1.165, 1.54) is 47.2 Å². The number of hydrogen-bond acceptors (Lipinski definition) is 2. The van der Waals surface area contributed by atoms with Crippen LogP contribution >= 0.6 is 27.3 Å². The van der Waals surface area contributed by atoms with Crippen LogP contribution in [0.15, 0.2) is 15.9 Å². The largest absolute Gasteiger partial charge is 0.327 e. The van der Waals surface area contributed by atoms with Gasteiger partial charge in [0.25, 0.3) is 0 Å². The van der Waals surface area contributed by atoms with E-state index in [-0.39, 0.29) is 0 Å². The molecule has 0 bridgehead atoms. The molecule has 96 valence electrons. The van der Waals surface area contributed by atoms with E-state index in [1.807, 2.05) is 11.3 Å². The molecule has 1 aromatic heterocycles. The maximum atomic E-state index is 6.28. The molecule has 1 saturated carbocycles. The Balaban J connectivity index is 1.93. The molecule has 3 atom stereocenters. The fraction of sp³-hybridized carbons (Fsp3) is 0.714. The minimum Gasteiger partial charge on any atom is -0.327 e. The van der Waals surface area contributed by atoms with Crippen LogP contribution in [-0.4, -0.2) is 6.04 Å². The summed E-state index contributed by atoms with van der Waals surface area (Å²) in [6.45, 7) is 2.29. The Bertz CT molecular complexity index is 350. The molecule has 3 heteroatoms. The molecule has 1 aliphatic rings. The highest BCUT2D eigenvalue weighted by Crippen LogP contribution is 2.35.